The first-order valence-electron chi connectivity index (χ1n) is 8.21. The minimum absolute atomic E-state index is 0.00942. The summed E-state index contributed by atoms with van der Waals surface area (Å²) >= 11 is 0. The Bertz CT molecular complexity index is 507. The zero-order valence-electron chi connectivity index (χ0n) is 13.7. The van der Waals surface area contributed by atoms with Gasteiger partial charge in [-0.05, 0) is 50.6 Å². The molecule has 0 bridgehead atoms. The number of rotatable bonds is 10. The lowest BCUT2D eigenvalue weighted by atomic mass is 10.1. The highest BCUT2D eigenvalue weighted by molar-refractivity contribution is 5.75. The van der Waals surface area contributed by atoms with Crippen LogP contribution in [0.3, 0.4) is 0 Å². The predicted octanol–water partition coefficient (Wildman–Crippen LogP) is 1.53. The van der Waals surface area contributed by atoms with Crippen LogP contribution in [0.2, 0.25) is 0 Å². The molecule has 128 valence electrons. The molecule has 0 radical (unpaired) electrons. The van der Waals surface area contributed by atoms with Crippen molar-refractivity contribution in [1.29, 1.82) is 0 Å². The van der Waals surface area contributed by atoms with E-state index in [9.17, 15) is 4.79 Å². The van der Waals surface area contributed by atoms with Gasteiger partial charge in [-0.2, -0.15) is 0 Å². The van der Waals surface area contributed by atoms with E-state index < -0.39 is 5.97 Å². The number of anilines is 1. The molecule has 0 fully saturated rings. The molecule has 0 aromatic heterocycles. The fraction of sp³-hybridized carbons (Fsp3) is 0.588. The molecule has 0 aliphatic carbocycles. The molecule has 2 rings (SSSR count). The van der Waals surface area contributed by atoms with Gasteiger partial charge in [0.15, 0.2) is 0 Å². The van der Waals surface area contributed by atoms with Crippen LogP contribution in [0.4, 0.5) is 5.69 Å². The SMILES string of the molecule is CCOCCCNCCc1ccc2c(c1)N(CC(=O)O)CCO2. The molecule has 0 spiro atoms. The predicted molar refractivity (Wildman–Crippen MR) is 89.5 cm³/mol. The number of carbonyl (C=O) groups is 1. The second-order valence-electron chi connectivity index (χ2n) is 5.52. The standard InChI is InChI=1S/C17H26N2O4/c1-2-22-10-3-7-18-8-6-14-4-5-16-15(12-14)19(9-11-23-16)13-17(20)21/h4-5,12,18H,2-3,6-11,13H2,1H3,(H,20,21). The molecule has 0 unspecified atom stereocenters. The summed E-state index contributed by atoms with van der Waals surface area (Å²) in [6, 6.07) is 6.03. The van der Waals surface area contributed by atoms with Gasteiger partial charge in [0.1, 0.15) is 18.9 Å². The van der Waals surface area contributed by atoms with Crippen LogP contribution in [0.5, 0.6) is 5.75 Å². The second-order valence-corrected chi connectivity index (χ2v) is 5.52. The first-order valence-corrected chi connectivity index (χ1v) is 8.21. The van der Waals surface area contributed by atoms with Gasteiger partial charge in [-0.15, -0.1) is 0 Å². The molecule has 1 aromatic rings. The van der Waals surface area contributed by atoms with E-state index in [-0.39, 0.29) is 6.54 Å². The van der Waals surface area contributed by atoms with Gasteiger partial charge in [0.25, 0.3) is 0 Å². The van der Waals surface area contributed by atoms with Crippen LogP contribution < -0.4 is 15.0 Å². The van der Waals surface area contributed by atoms with E-state index in [1.807, 2.05) is 30.0 Å². The van der Waals surface area contributed by atoms with Crippen LogP contribution in [0.25, 0.3) is 0 Å². The summed E-state index contributed by atoms with van der Waals surface area (Å²) in [6.45, 7) is 6.55. The van der Waals surface area contributed by atoms with E-state index >= 15 is 0 Å². The topological polar surface area (TPSA) is 71.0 Å². The van der Waals surface area contributed by atoms with E-state index in [0.717, 1.165) is 50.6 Å². The molecule has 1 aliphatic rings. The summed E-state index contributed by atoms with van der Waals surface area (Å²) in [5.74, 6) is -0.0508. The average Bonchev–Trinajstić information content (AvgIpc) is 2.54. The Hall–Kier alpha value is -1.79. The Balaban J connectivity index is 1.83. The second kappa shape index (κ2) is 9.37. The van der Waals surface area contributed by atoms with Gasteiger partial charge in [0.05, 0.1) is 12.2 Å². The molecule has 1 heterocycles. The Morgan fingerprint density at radius 2 is 2.30 bits per heavy atom. The number of nitrogens with zero attached hydrogens (tertiary/aromatic N) is 1. The molecule has 1 aliphatic heterocycles. The Morgan fingerprint density at radius 1 is 1.43 bits per heavy atom. The van der Waals surface area contributed by atoms with Crippen molar-refractivity contribution in [3.05, 3.63) is 23.8 Å². The van der Waals surface area contributed by atoms with Crippen LogP contribution >= 0.6 is 0 Å². The van der Waals surface area contributed by atoms with Gasteiger partial charge in [-0.25, -0.2) is 0 Å². The maximum absolute atomic E-state index is 11.0. The van der Waals surface area contributed by atoms with Crippen molar-refractivity contribution in [2.24, 2.45) is 0 Å². The lowest BCUT2D eigenvalue weighted by Gasteiger charge is -2.30. The van der Waals surface area contributed by atoms with Gasteiger partial charge in [-0.1, -0.05) is 6.07 Å². The molecule has 0 atom stereocenters. The Morgan fingerprint density at radius 3 is 3.09 bits per heavy atom. The quantitative estimate of drug-likeness (QED) is 0.637. The number of carboxylic acids is 1. The molecule has 23 heavy (non-hydrogen) atoms. The van der Waals surface area contributed by atoms with E-state index in [1.54, 1.807) is 0 Å². The molecule has 6 heteroatoms. The number of hydrogen-bond acceptors (Lipinski definition) is 5. The summed E-state index contributed by atoms with van der Waals surface area (Å²) in [5.41, 5.74) is 2.06. The van der Waals surface area contributed by atoms with Gasteiger partial charge < -0.3 is 24.8 Å². The third kappa shape index (κ3) is 5.73. The fourth-order valence-corrected chi connectivity index (χ4v) is 2.60. The Labute approximate surface area is 137 Å². The first-order chi connectivity index (χ1) is 11.2. The lowest BCUT2D eigenvalue weighted by molar-refractivity contribution is -0.135. The van der Waals surface area contributed by atoms with Crippen LogP contribution in [-0.4, -0.2) is 57.1 Å². The smallest absolute Gasteiger partial charge is 0.323 e. The number of nitrogens with one attached hydrogen (secondary N) is 1. The van der Waals surface area contributed by atoms with E-state index in [0.29, 0.717) is 13.2 Å². The first kappa shape index (κ1) is 17.6. The van der Waals surface area contributed by atoms with Crippen molar-refractivity contribution in [3.8, 4) is 5.75 Å². The summed E-state index contributed by atoms with van der Waals surface area (Å²) in [7, 11) is 0. The normalized spacial score (nSPS) is 13.5. The van der Waals surface area contributed by atoms with E-state index in [4.69, 9.17) is 14.6 Å². The van der Waals surface area contributed by atoms with Crippen molar-refractivity contribution < 1.29 is 19.4 Å². The third-order valence-electron chi connectivity index (χ3n) is 3.75. The zero-order valence-corrected chi connectivity index (χ0v) is 13.7. The minimum Gasteiger partial charge on any atom is -0.490 e. The van der Waals surface area contributed by atoms with Gasteiger partial charge in [-0.3, -0.25) is 4.79 Å². The molecular weight excluding hydrogens is 296 g/mol. The van der Waals surface area contributed by atoms with Crippen LogP contribution in [0.1, 0.15) is 18.9 Å². The summed E-state index contributed by atoms with van der Waals surface area (Å²) < 4.78 is 10.9. The summed E-state index contributed by atoms with van der Waals surface area (Å²) in [6.07, 6.45) is 1.92. The number of aliphatic carboxylic acids is 1. The average molecular weight is 322 g/mol. The number of fused-ring (bicyclic) bond motifs is 1. The summed E-state index contributed by atoms with van der Waals surface area (Å²) in [5, 5.41) is 12.4. The summed E-state index contributed by atoms with van der Waals surface area (Å²) in [4.78, 5) is 12.8. The van der Waals surface area contributed by atoms with Crippen LogP contribution in [0, 0.1) is 0 Å². The van der Waals surface area contributed by atoms with Crippen molar-refractivity contribution in [2.45, 2.75) is 19.8 Å². The van der Waals surface area contributed by atoms with Crippen molar-refractivity contribution in [2.75, 3.05) is 50.9 Å². The van der Waals surface area contributed by atoms with E-state index in [2.05, 4.69) is 5.32 Å². The number of carboxylic acid groups (broad SMARTS) is 1. The lowest BCUT2D eigenvalue weighted by Crippen LogP contribution is -2.36. The maximum Gasteiger partial charge on any atom is 0.323 e. The van der Waals surface area contributed by atoms with Gasteiger partial charge >= 0.3 is 5.97 Å². The number of ether oxygens (including phenoxy) is 2. The van der Waals surface area contributed by atoms with Gasteiger partial charge in [0.2, 0.25) is 0 Å². The monoisotopic (exact) mass is 322 g/mol. The van der Waals surface area contributed by atoms with Crippen molar-refractivity contribution in [1.82, 2.24) is 5.32 Å². The molecule has 0 amide bonds. The van der Waals surface area contributed by atoms with Gasteiger partial charge in [0, 0.05) is 13.2 Å². The maximum atomic E-state index is 11.0. The minimum atomic E-state index is -0.820. The Kier molecular flexibility index (Phi) is 7.16. The zero-order chi connectivity index (χ0) is 16.5. The highest BCUT2D eigenvalue weighted by Crippen LogP contribution is 2.32. The molecule has 2 N–H and O–H groups in total. The van der Waals surface area contributed by atoms with Crippen molar-refractivity contribution in [3.63, 3.8) is 0 Å². The highest BCUT2D eigenvalue weighted by atomic mass is 16.5. The molecule has 0 saturated heterocycles. The number of hydrogen-bond donors (Lipinski definition) is 2. The molecule has 6 nitrogen and oxygen atoms in total. The van der Waals surface area contributed by atoms with Crippen LogP contribution in [0.15, 0.2) is 18.2 Å². The fourth-order valence-electron chi connectivity index (χ4n) is 2.60. The third-order valence-corrected chi connectivity index (χ3v) is 3.75. The molecule has 0 saturated carbocycles. The molecular formula is C17H26N2O4. The van der Waals surface area contributed by atoms with E-state index in [1.165, 1.54) is 5.56 Å². The van der Waals surface area contributed by atoms with Crippen molar-refractivity contribution >= 4 is 11.7 Å². The number of benzene rings is 1. The van der Waals surface area contributed by atoms with Crippen LogP contribution in [-0.2, 0) is 16.0 Å². The molecule has 1 aromatic carbocycles. The highest BCUT2D eigenvalue weighted by Gasteiger charge is 2.20. The largest absolute Gasteiger partial charge is 0.490 e.